The van der Waals surface area contributed by atoms with Crippen LogP contribution in [-0.4, -0.2) is 10.5 Å². The predicted octanol–water partition coefficient (Wildman–Crippen LogP) is 2.83. The van der Waals surface area contributed by atoms with Crippen molar-refractivity contribution < 1.29 is 0 Å². The SMILES string of the molecule is CC1(NCc2cc[nH]c2)CCCCC1. The molecule has 14 heavy (non-hydrogen) atoms. The third kappa shape index (κ3) is 2.38. The van der Waals surface area contributed by atoms with Gasteiger partial charge in [0.2, 0.25) is 0 Å². The van der Waals surface area contributed by atoms with Gasteiger partial charge in [-0.1, -0.05) is 19.3 Å². The Balaban J connectivity index is 1.84. The van der Waals surface area contributed by atoms with Gasteiger partial charge in [-0.3, -0.25) is 0 Å². The summed E-state index contributed by atoms with van der Waals surface area (Å²) in [7, 11) is 0. The van der Waals surface area contributed by atoms with E-state index in [0.29, 0.717) is 5.54 Å². The van der Waals surface area contributed by atoms with E-state index in [9.17, 15) is 0 Å². The highest BCUT2D eigenvalue weighted by atomic mass is 15.0. The lowest BCUT2D eigenvalue weighted by molar-refractivity contribution is 0.252. The van der Waals surface area contributed by atoms with E-state index in [-0.39, 0.29) is 0 Å². The van der Waals surface area contributed by atoms with Crippen LogP contribution in [0.1, 0.15) is 44.6 Å². The second-order valence-electron chi connectivity index (χ2n) is 4.69. The van der Waals surface area contributed by atoms with Crippen molar-refractivity contribution in [3.8, 4) is 0 Å². The fourth-order valence-corrected chi connectivity index (χ4v) is 2.29. The summed E-state index contributed by atoms with van der Waals surface area (Å²) >= 11 is 0. The van der Waals surface area contributed by atoms with Gasteiger partial charge in [0, 0.05) is 24.5 Å². The number of aromatic nitrogens is 1. The Kier molecular flexibility index (Phi) is 2.92. The van der Waals surface area contributed by atoms with Crippen LogP contribution in [0.5, 0.6) is 0 Å². The molecule has 0 saturated heterocycles. The Morgan fingerprint density at radius 2 is 2.14 bits per heavy atom. The fraction of sp³-hybridized carbons (Fsp3) is 0.667. The van der Waals surface area contributed by atoms with Crippen molar-refractivity contribution >= 4 is 0 Å². The Labute approximate surface area is 86.1 Å². The molecule has 1 heterocycles. The molecule has 2 heteroatoms. The van der Waals surface area contributed by atoms with E-state index in [1.165, 1.54) is 37.7 Å². The highest BCUT2D eigenvalue weighted by Gasteiger charge is 2.25. The minimum absolute atomic E-state index is 0.384. The number of nitrogens with one attached hydrogen (secondary N) is 2. The lowest BCUT2D eigenvalue weighted by Gasteiger charge is -2.34. The van der Waals surface area contributed by atoms with Gasteiger partial charge in [-0.05, 0) is 31.4 Å². The zero-order valence-electron chi connectivity index (χ0n) is 8.97. The molecule has 2 nitrogen and oxygen atoms in total. The maximum Gasteiger partial charge on any atom is 0.0225 e. The van der Waals surface area contributed by atoms with Crippen LogP contribution in [0.15, 0.2) is 18.5 Å². The molecule has 0 amide bonds. The zero-order valence-corrected chi connectivity index (χ0v) is 8.97. The first-order chi connectivity index (χ1) is 6.79. The van der Waals surface area contributed by atoms with E-state index in [2.05, 4.69) is 29.5 Å². The van der Waals surface area contributed by atoms with E-state index in [1.54, 1.807) is 0 Å². The summed E-state index contributed by atoms with van der Waals surface area (Å²) in [6.07, 6.45) is 10.9. The molecule has 2 rings (SSSR count). The highest BCUT2D eigenvalue weighted by molar-refractivity contribution is 5.08. The van der Waals surface area contributed by atoms with Crippen molar-refractivity contribution in [3.05, 3.63) is 24.0 Å². The normalized spacial score (nSPS) is 20.9. The van der Waals surface area contributed by atoms with E-state index < -0.39 is 0 Å². The van der Waals surface area contributed by atoms with Gasteiger partial charge in [0.05, 0.1) is 0 Å². The molecule has 0 aliphatic heterocycles. The van der Waals surface area contributed by atoms with Crippen LogP contribution >= 0.6 is 0 Å². The van der Waals surface area contributed by atoms with Gasteiger partial charge >= 0.3 is 0 Å². The first-order valence-electron chi connectivity index (χ1n) is 5.65. The van der Waals surface area contributed by atoms with Crippen LogP contribution in [0.25, 0.3) is 0 Å². The second kappa shape index (κ2) is 4.18. The maximum absolute atomic E-state index is 3.68. The summed E-state index contributed by atoms with van der Waals surface area (Å²) in [6.45, 7) is 3.36. The lowest BCUT2D eigenvalue weighted by atomic mass is 9.83. The molecular weight excluding hydrogens is 172 g/mol. The number of rotatable bonds is 3. The van der Waals surface area contributed by atoms with E-state index >= 15 is 0 Å². The smallest absolute Gasteiger partial charge is 0.0225 e. The average Bonchev–Trinajstić information content (AvgIpc) is 2.69. The summed E-state index contributed by atoms with van der Waals surface area (Å²) in [6, 6.07) is 2.14. The molecule has 2 N–H and O–H groups in total. The molecule has 78 valence electrons. The number of aromatic amines is 1. The summed E-state index contributed by atoms with van der Waals surface area (Å²) in [5.74, 6) is 0. The monoisotopic (exact) mass is 192 g/mol. The van der Waals surface area contributed by atoms with Crippen LogP contribution < -0.4 is 5.32 Å². The Hall–Kier alpha value is -0.760. The molecule has 1 aliphatic rings. The second-order valence-corrected chi connectivity index (χ2v) is 4.69. The number of hydrogen-bond donors (Lipinski definition) is 2. The standard InChI is InChI=1S/C12H20N2/c1-12(6-3-2-4-7-12)14-10-11-5-8-13-9-11/h5,8-9,13-14H,2-4,6-7,10H2,1H3. The van der Waals surface area contributed by atoms with Gasteiger partial charge in [-0.2, -0.15) is 0 Å². The van der Waals surface area contributed by atoms with E-state index in [4.69, 9.17) is 0 Å². The van der Waals surface area contributed by atoms with Crippen LogP contribution in [0.3, 0.4) is 0 Å². The summed E-state index contributed by atoms with van der Waals surface area (Å²) in [5, 5.41) is 3.68. The molecule has 0 atom stereocenters. The molecule has 0 bridgehead atoms. The minimum Gasteiger partial charge on any atom is -0.367 e. The average molecular weight is 192 g/mol. The molecule has 1 aromatic rings. The van der Waals surface area contributed by atoms with Gasteiger partial charge in [0.1, 0.15) is 0 Å². The summed E-state index contributed by atoms with van der Waals surface area (Å²) in [5.41, 5.74) is 1.74. The minimum atomic E-state index is 0.384. The number of hydrogen-bond acceptors (Lipinski definition) is 1. The molecule has 0 radical (unpaired) electrons. The van der Waals surface area contributed by atoms with Crippen molar-refractivity contribution in [3.63, 3.8) is 0 Å². The van der Waals surface area contributed by atoms with Crippen molar-refractivity contribution in [2.24, 2.45) is 0 Å². The van der Waals surface area contributed by atoms with Gasteiger partial charge in [-0.15, -0.1) is 0 Å². The van der Waals surface area contributed by atoms with Crippen molar-refractivity contribution in [2.75, 3.05) is 0 Å². The van der Waals surface area contributed by atoms with Crippen LogP contribution in [-0.2, 0) is 6.54 Å². The molecular formula is C12H20N2. The zero-order chi connectivity index (χ0) is 9.86. The fourth-order valence-electron chi connectivity index (χ4n) is 2.29. The lowest BCUT2D eigenvalue weighted by Crippen LogP contribution is -2.43. The Morgan fingerprint density at radius 3 is 2.79 bits per heavy atom. The quantitative estimate of drug-likeness (QED) is 0.757. The van der Waals surface area contributed by atoms with Crippen LogP contribution in [0.2, 0.25) is 0 Å². The van der Waals surface area contributed by atoms with Crippen molar-refractivity contribution in [1.82, 2.24) is 10.3 Å². The van der Waals surface area contributed by atoms with Gasteiger partial charge in [0.15, 0.2) is 0 Å². The highest BCUT2D eigenvalue weighted by Crippen LogP contribution is 2.27. The first kappa shape index (κ1) is 9.78. The molecule has 1 saturated carbocycles. The Bertz CT molecular complexity index is 258. The first-order valence-corrected chi connectivity index (χ1v) is 5.65. The summed E-state index contributed by atoms with van der Waals surface area (Å²) < 4.78 is 0. The molecule has 1 aliphatic carbocycles. The third-order valence-electron chi connectivity index (χ3n) is 3.34. The van der Waals surface area contributed by atoms with Gasteiger partial charge in [-0.25, -0.2) is 0 Å². The topological polar surface area (TPSA) is 27.8 Å². The predicted molar refractivity (Wildman–Crippen MR) is 59.1 cm³/mol. The van der Waals surface area contributed by atoms with E-state index in [0.717, 1.165) is 6.54 Å². The largest absolute Gasteiger partial charge is 0.367 e. The van der Waals surface area contributed by atoms with Gasteiger partial charge in [0.25, 0.3) is 0 Å². The Morgan fingerprint density at radius 1 is 1.36 bits per heavy atom. The van der Waals surface area contributed by atoms with Crippen LogP contribution in [0.4, 0.5) is 0 Å². The van der Waals surface area contributed by atoms with Crippen molar-refractivity contribution in [2.45, 2.75) is 51.1 Å². The van der Waals surface area contributed by atoms with Crippen LogP contribution in [0, 0.1) is 0 Å². The molecule has 0 spiro atoms. The molecule has 1 aromatic heterocycles. The molecule has 0 aromatic carbocycles. The summed E-state index contributed by atoms with van der Waals surface area (Å²) in [4.78, 5) is 3.09. The molecule has 1 fully saturated rings. The third-order valence-corrected chi connectivity index (χ3v) is 3.34. The van der Waals surface area contributed by atoms with Gasteiger partial charge < -0.3 is 10.3 Å². The molecule has 0 unspecified atom stereocenters. The van der Waals surface area contributed by atoms with E-state index in [1.807, 2.05) is 6.20 Å². The number of H-pyrrole nitrogens is 1. The van der Waals surface area contributed by atoms with Crippen molar-refractivity contribution in [1.29, 1.82) is 0 Å². The maximum atomic E-state index is 3.68.